The van der Waals surface area contributed by atoms with E-state index in [0.717, 1.165) is 26.2 Å². The summed E-state index contributed by atoms with van der Waals surface area (Å²) in [4.78, 5) is 0. The number of halogens is 1. The first kappa shape index (κ1) is 11.2. The molecule has 2 heterocycles. The molecule has 2 rings (SSSR count). The smallest absolute Gasteiger partial charge is 0.110 e. The van der Waals surface area contributed by atoms with Crippen LogP contribution in [0.3, 0.4) is 0 Å². The highest BCUT2D eigenvalue weighted by Gasteiger charge is 2.21. The van der Waals surface area contributed by atoms with Crippen LogP contribution in [0.2, 0.25) is 0 Å². The fourth-order valence-corrected chi connectivity index (χ4v) is 1.86. The van der Waals surface area contributed by atoms with Gasteiger partial charge in [-0.25, -0.2) is 0 Å². The Kier molecular flexibility index (Phi) is 5.02. The summed E-state index contributed by atoms with van der Waals surface area (Å²) in [5.74, 6) is 0. The zero-order valence-corrected chi connectivity index (χ0v) is 8.65. The van der Waals surface area contributed by atoms with E-state index in [1.54, 1.807) is 0 Å². The topological polar surface area (TPSA) is 30.5 Å². The maximum Gasteiger partial charge on any atom is 0.110 e. The number of nitrogens with one attached hydrogen (secondary N) is 1. The van der Waals surface area contributed by atoms with E-state index in [2.05, 4.69) is 5.32 Å². The molecule has 0 aliphatic carbocycles. The molecular weight excluding hydrogens is 190 g/mol. The van der Waals surface area contributed by atoms with E-state index in [4.69, 9.17) is 9.47 Å². The predicted molar refractivity (Wildman–Crippen MR) is 53.2 cm³/mol. The number of rotatable bonds is 2. The van der Waals surface area contributed by atoms with E-state index >= 15 is 0 Å². The normalized spacial score (nSPS) is 34.2. The number of hydrogen-bond acceptors (Lipinski definition) is 3. The first-order chi connectivity index (χ1) is 5.95. The molecule has 2 aliphatic heterocycles. The zero-order valence-electron chi connectivity index (χ0n) is 7.83. The monoisotopic (exact) mass is 207 g/mol. The summed E-state index contributed by atoms with van der Waals surface area (Å²) in [5, 5.41) is 3.30. The summed E-state index contributed by atoms with van der Waals surface area (Å²) >= 11 is 0. The van der Waals surface area contributed by atoms with Crippen molar-refractivity contribution in [3.05, 3.63) is 0 Å². The predicted octanol–water partition coefficient (Wildman–Crippen LogP) is 1.31. The van der Waals surface area contributed by atoms with Gasteiger partial charge in [0.2, 0.25) is 0 Å². The van der Waals surface area contributed by atoms with Gasteiger partial charge in [0.15, 0.2) is 0 Å². The van der Waals surface area contributed by atoms with Crippen LogP contribution in [0.25, 0.3) is 0 Å². The highest BCUT2D eigenvalue weighted by Crippen LogP contribution is 2.18. The summed E-state index contributed by atoms with van der Waals surface area (Å²) in [6.45, 7) is 2.80. The first-order valence-corrected chi connectivity index (χ1v) is 4.92. The van der Waals surface area contributed by atoms with Gasteiger partial charge in [-0.15, -0.1) is 12.4 Å². The molecular formula is C9H18ClNO2. The molecule has 13 heavy (non-hydrogen) atoms. The Bertz CT molecular complexity index is 134. The SMILES string of the molecule is C1CCC(CC2NCCO2)OC1.Cl. The van der Waals surface area contributed by atoms with Crippen LogP contribution in [0.4, 0.5) is 0 Å². The van der Waals surface area contributed by atoms with Crippen LogP contribution in [-0.4, -0.2) is 32.1 Å². The second kappa shape index (κ2) is 5.81. The van der Waals surface area contributed by atoms with Crippen molar-refractivity contribution >= 4 is 12.4 Å². The molecule has 0 bridgehead atoms. The van der Waals surface area contributed by atoms with Gasteiger partial charge in [-0.1, -0.05) is 0 Å². The molecule has 0 amide bonds. The van der Waals surface area contributed by atoms with Crippen LogP contribution in [0.15, 0.2) is 0 Å². The highest BCUT2D eigenvalue weighted by atomic mass is 35.5. The van der Waals surface area contributed by atoms with Gasteiger partial charge in [0, 0.05) is 19.6 Å². The van der Waals surface area contributed by atoms with Gasteiger partial charge in [-0.2, -0.15) is 0 Å². The van der Waals surface area contributed by atoms with Crippen LogP contribution < -0.4 is 5.32 Å². The lowest BCUT2D eigenvalue weighted by Gasteiger charge is -2.24. The Hall–Kier alpha value is 0.170. The van der Waals surface area contributed by atoms with E-state index in [-0.39, 0.29) is 18.6 Å². The first-order valence-electron chi connectivity index (χ1n) is 4.92. The molecule has 0 aromatic rings. The number of hydrogen-bond donors (Lipinski definition) is 1. The molecule has 2 atom stereocenters. The molecule has 1 N–H and O–H groups in total. The quantitative estimate of drug-likeness (QED) is 0.741. The third-order valence-corrected chi connectivity index (χ3v) is 2.54. The molecule has 0 saturated carbocycles. The minimum absolute atomic E-state index is 0. The van der Waals surface area contributed by atoms with Crippen molar-refractivity contribution < 1.29 is 9.47 Å². The average Bonchev–Trinajstić information content (AvgIpc) is 2.59. The Balaban J connectivity index is 0.000000845. The molecule has 0 spiro atoms. The fraction of sp³-hybridized carbons (Fsp3) is 1.00. The largest absolute Gasteiger partial charge is 0.378 e. The van der Waals surface area contributed by atoms with Crippen LogP contribution >= 0.6 is 12.4 Å². The maximum atomic E-state index is 5.62. The van der Waals surface area contributed by atoms with Gasteiger partial charge in [0.05, 0.1) is 12.7 Å². The van der Waals surface area contributed by atoms with E-state index in [1.807, 2.05) is 0 Å². The van der Waals surface area contributed by atoms with Crippen molar-refractivity contribution in [1.29, 1.82) is 0 Å². The molecule has 2 saturated heterocycles. The fourth-order valence-electron chi connectivity index (χ4n) is 1.86. The van der Waals surface area contributed by atoms with Gasteiger partial charge in [-0.3, -0.25) is 5.32 Å². The molecule has 4 heteroatoms. The molecule has 2 unspecified atom stereocenters. The summed E-state index contributed by atoms with van der Waals surface area (Å²) < 4.78 is 11.1. The Morgan fingerprint density at radius 2 is 2.08 bits per heavy atom. The third-order valence-electron chi connectivity index (χ3n) is 2.54. The van der Waals surface area contributed by atoms with Crippen LogP contribution in [-0.2, 0) is 9.47 Å². The third kappa shape index (κ3) is 3.43. The summed E-state index contributed by atoms with van der Waals surface area (Å²) in [5.41, 5.74) is 0. The van der Waals surface area contributed by atoms with Gasteiger partial charge < -0.3 is 9.47 Å². The van der Waals surface area contributed by atoms with E-state index in [0.29, 0.717) is 6.10 Å². The average molecular weight is 208 g/mol. The minimum Gasteiger partial charge on any atom is -0.378 e. The number of ether oxygens (including phenoxy) is 2. The molecule has 3 nitrogen and oxygen atoms in total. The summed E-state index contributed by atoms with van der Waals surface area (Å²) in [6, 6.07) is 0. The van der Waals surface area contributed by atoms with Crippen LogP contribution in [0.5, 0.6) is 0 Å². The van der Waals surface area contributed by atoms with E-state index in [9.17, 15) is 0 Å². The summed E-state index contributed by atoms with van der Waals surface area (Å²) in [7, 11) is 0. The van der Waals surface area contributed by atoms with Crippen molar-refractivity contribution in [2.75, 3.05) is 19.8 Å². The van der Waals surface area contributed by atoms with Crippen molar-refractivity contribution in [2.45, 2.75) is 38.0 Å². The molecule has 0 aromatic heterocycles. The Morgan fingerprint density at radius 1 is 1.15 bits per heavy atom. The zero-order chi connectivity index (χ0) is 8.23. The van der Waals surface area contributed by atoms with E-state index < -0.39 is 0 Å². The van der Waals surface area contributed by atoms with Crippen molar-refractivity contribution in [3.63, 3.8) is 0 Å². The van der Waals surface area contributed by atoms with Gasteiger partial charge in [0.1, 0.15) is 6.23 Å². The van der Waals surface area contributed by atoms with Crippen LogP contribution in [0, 0.1) is 0 Å². The van der Waals surface area contributed by atoms with Gasteiger partial charge in [-0.05, 0) is 19.3 Å². The highest BCUT2D eigenvalue weighted by molar-refractivity contribution is 5.85. The van der Waals surface area contributed by atoms with Crippen molar-refractivity contribution in [3.8, 4) is 0 Å². The maximum absolute atomic E-state index is 5.62. The van der Waals surface area contributed by atoms with Crippen molar-refractivity contribution in [2.24, 2.45) is 0 Å². The second-order valence-electron chi connectivity index (χ2n) is 3.54. The van der Waals surface area contributed by atoms with E-state index in [1.165, 1.54) is 19.3 Å². The second-order valence-corrected chi connectivity index (χ2v) is 3.54. The summed E-state index contributed by atoms with van der Waals surface area (Å²) in [6.07, 6.45) is 5.48. The molecule has 78 valence electrons. The minimum atomic E-state index is 0. The Labute approximate surface area is 85.6 Å². The molecule has 0 aromatic carbocycles. The molecule has 0 radical (unpaired) electrons. The molecule has 2 fully saturated rings. The van der Waals surface area contributed by atoms with Gasteiger partial charge in [0.25, 0.3) is 0 Å². The lowest BCUT2D eigenvalue weighted by Crippen LogP contribution is -2.30. The van der Waals surface area contributed by atoms with Crippen molar-refractivity contribution in [1.82, 2.24) is 5.32 Å². The lowest BCUT2D eigenvalue weighted by molar-refractivity contribution is -0.0247. The standard InChI is InChI=1S/C9H17NO2.ClH/c1-2-5-11-8(3-1)7-9-10-4-6-12-9;/h8-10H,1-7H2;1H. The Morgan fingerprint density at radius 3 is 2.69 bits per heavy atom. The van der Waals surface area contributed by atoms with Crippen LogP contribution in [0.1, 0.15) is 25.7 Å². The van der Waals surface area contributed by atoms with Gasteiger partial charge >= 0.3 is 0 Å². The lowest BCUT2D eigenvalue weighted by atomic mass is 10.1. The molecule has 2 aliphatic rings.